The molecule has 2 N–H and O–H groups in total. The van der Waals surface area contributed by atoms with Crippen LogP contribution in [0.3, 0.4) is 0 Å². The van der Waals surface area contributed by atoms with Crippen molar-refractivity contribution in [2.24, 2.45) is 5.73 Å². The van der Waals surface area contributed by atoms with Crippen LogP contribution in [0.2, 0.25) is 0 Å². The third-order valence-corrected chi connectivity index (χ3v) is 3.67. The van der Waals surface area contributed by atoms with Gasteiger partial charge in [-0.3, -0.25) is 4.90 Å². The van der Waals surface area contributed by atoms with Crippen molar-refractivity contribution in [2.45, 2.75) is 38.8 Å². The summed E-state index contributed by atoms with van der Waals surface area (Å²) in [6.07, 6.45) is 4.00. The van der Waals surface area contributed by atoms with Crippen LogP contribution in [0.15, 0.2) is 18.2 Å². The first-order chi connectivity index (χ1) is 8.70. The molecule has 1 fully saturated rings. The molecule has 18 heavy (non-hydrogen) atoms. The van der Waals surface area contributed by atoms with E-state index in [-0.39, 0.29) is 6.04 Å². The molecular weight excluding hydrogens is 224 g/mol. The van der Waals surface area contributed by atoms with Crippen molar-refractivity contribution >= 4 is 0 Å². The van der Waals surface area contributed by atoms with Gasteiger partial charge in [0.1, 0.15) is 5.75 Å². The van der Waals surface area contributed by atoms with Gasteiger partial charge in [0.05, 0.1) is 7.11 Å². The topological polar surface area (TPSA) is 38.5 Å². The van der Waals surface area contributed by atoms with E-state index in [0.29, 0.717) is 0 Å². The molecule has 3 heteroatoms. The average Bonchev–Trinajstić information content (AvgIpc) is 2.39. The minimum atomic E-state index is 0.0796. The van der Waals surface area contributed by atoms with Gasteiger partial charge in [0.2, 0.25) is 0 Å². The van der Waals surface area contributed by atoms with Crippen molar-refractivity contribution in [1.82, 2.24) is 4.90 Å². The maximum absolute atomic E-state index is 5.95. The van der Waals surface area contributed by atoms with Gasteiger partial charge < -0.3 is 10.5 Å². The Balaban J connectivity index is 2.15. The maximum Gasteiger partial charge on any atom is 0.123 e. The molecule has 1 aliphatic heterocycles. The quantitative estimate of drug-likeness (QED) is 0.890. The summed E-state index contributed by atoms with van der Waals surface area (Å²) < 4.78 is 5.45. The molecule has 2 rings (SSSR count). The Hall–Kier alpha value is -1.06. The second-order valence-electron chi connectivity index (χ2n) is 5.20. The Bertz CT molecular complexity index is 384. The molecule has 3 nitrogen and oxygen atoms in total. The molecule has 1 saturated heterocycles. The molecule has 1 atom stereocenters. The van der Waals surface area contributed by atoms with Crippen LogP contribution in [0.25, 0.3) is 0 Å². The van der Waals surface area contributed by atoms with Gasteiger partial charge in [0.25, 0.3) is 0 Å². The Morgan fingerprint density at radius 2 is 2.00 bits per heavy atom. The molecule has 1 aromatic rings. The van der Waals surface area contributed by atoms with E-state index >= 15 is 0 Å². The SMILES string of the molecule is COc1ccc(C(C)N)cc1CN1CCCCC1. The zero-order valence-electron chi connectivity index (χ0n) is 11.5. The summed E-state index contributed by atoms with van der Waals surface area (Å²) in [6.45, 7) is 5.40. The van der Waals surface area contributed by atoms with Gasteiger partial charge in [-0.25, -0.2) is 0 Å². The molecule has 0 radical (unpaired) electrons. The highest BCUT2D eigenvalue weighted by Gasteiger charge is 2.14. The summed E-state index contributed by atoms with van der Waals surface area (Å²) in [6, 6.07) is 6.37. The van der Waals surface area contributed by atoms with Crippen LogP contribution < -0.4 is 10.5 Å². The van der Waals surface area contributed by atoms with Crippen LogP contribution in [-0.4, -0.2) is 25.1 Å². The number of rotatable bonds is 4. The van der Waals surface area contributed by atoms with Gasteiger partial charge in [-0.05, 0) is 50.6 Å². The third-order valence-electron chi connectivity index (χ3n) is 3.67. The normalized spacial score (nSPS) is 18.6. The summed E-state index contributed by atoms with van der Waals surface area (Å²) in [4.78, 5) is 2.51. The second kappa shape index (κ2) is 6.21. The number of hydrogen-bond donors (Lipinski definition) is 1. The van der Waals surface area contributed by atoms with Crippen molar-refractivity contribution in [3.05, 3.63) is 29.3 Å². The third kappa shape index (κ3) is 3.24. The standard InChI is InChI=1S/C15H24N2O/c1-12(16)13-6-7-15(18-2)14(10-13)11-17-8-4-3-5-9-17/h6-7,10,12H,3-5,8-9,11,16H2,1-2H3. The number of piperidine rings is 1. The molecule has 0 saturated carbocycles. The summed E-state index contributed by atoms with van der Waals surface area (Å²) in [7, 11) is 1.74. The van der Waals surface area contributed by atoms with Crippen LogP contribution >= 0.6 is 0 Å². The first kappa shape index (κ1) is 13.4. The van der Waals surface area contributed by atoms with Gasteiger partial charge >= 0.3 is 0 Å². The number of nitrogens with two attached hydrogens (primary N) is 1. The van der Waals surface area contributed by atoms with E-state index in [2.05, 4.69) is 17.0 Å². The molecule has 0 bridgehead atoms. The van der Waals surface area contributed by atoms with E-state index < -0.39 is 0 Å². The fraction of sp³-hybridized carbons (Fsp3) is 0.600. The lowest BCUT2D eigenvalue weighted by molar-refractivity contribution is 0.218. The zero-order chi connectivity index (χ0) is 13.0. The van der Waals surface area contributed by atoms with E-state index in [1.54, 1.807) is 7.11 Å². The molecule has 1 aromatic carbocycles. The largest absolute Gasteiger partial charge is 0.496 e. The first-order valence-electron chi connectivity index (χ1n) is 6.85. The van der Waals surface area contributed by atoms with E-state index in [0.717, 1.165) is 12.3 Å². The molecule has 1 aliphatic rings. The van der Waals surface area contributed by atoms with Gasteiger partial charge in [-0.15, -0.1) is 0 Å². The molecule has 1 unspecified atom stereocenters. The Morgan fingerprint density at radius 1 is 1.28 bits per heavy atom. The Labute approximate surface area is 110 Å². The molecule has 0 aromatic heterocycles. The van der Waals surface area contributed by atoms with E-state index in [9.17, 15) is 0 Å². The van der Waals surface area contributed by atoms with Crippen LogP contribution in [0.4, 0.5) is 0 Å². The first-order valence-corrected chi connectivity index (χ1v) is 6.85. The summed E-state index contributed by atoms with van der Waals surface area (Å²) in [5.74, 6) is 0.977. The summed E-state index contributed by atoms with van der Waals surface area (Å²) >= 11 is 0. The van der Waals surface area contributed by atoms with Crippen molar-refractivity contribution in [3.63, 3.8) is 0 Å². The van der Waals surface area contributed by atoms with Gasteiger partial charge in [-0.2, -0.15) is 0 Å². The molecule has 0 spiro atoms. The molecule has 0 aliphatic carbocycles. The van der Waals surface area contributed by atoms with Crippen molar-refractivity contribution in [1.29, 1.82) is 0 Å². The average molecular weight is 248 g/mol. The van der Waals surface area contributed by atoms with Gasteiger partial charge in [0.15, 0.2) is 0 Å². The number of nitrogens with zero attached hydrogens (tertiary/aromatic N) is 1. The minimum absolute atomic E-state index is 0.0796. The van der Waals surface area contributed by atoms with E-state index in [1.807, 2.05) is 13.0 Å². The van der Waals surface area contributed by atoms with Gasteiger partial charge in [0, 0.05) is 18.2 Å². The maximum atomic E-state index is 5.95. The van der Waals surface area contributed by atoms with Crippen LogP contribution in [0.5, 0.6) is 5.75 Å². The van der Waals surface area contributed by atoms with Crippen LogP contribution in [0.1, 0.15) is 43.4 Å². The predicted molar refractivity (Wildman–Crippen MR) is 74.7 cm³/mol. The smallest absolute Gasteiger partial charge is 0.123 e. The zero-order valence-corrected chi connectivity index (χ0v) is 11.5. The van der Waals surface area contributed by atoms with E-state index in [4.69, 9.17) is 10.5 Å². The van der Waals surface area contributed by atoms with Crippen molar-refractivity contribution in [2.75, 3.05) is 20.2 Å². The van der Waals surface area contributed by atoms with Crippen LogP contribution in [-0.2, 0) is 6.54 Å². The lowest BCUT2D eigenvalue weighted by atomic mass is 10.0. The Morgan fingerprint density at radius 3 is 2.61 bits per heavy atom. The highest BCUT2D eigenvalue weighted by Crippen LogP contribution is 2.25. The highest BCUT2D eigenvalue weighted by atomic mass is 16.5. The number of hydrogen-bond acceptors (Lipinski definition) is 3. The monoisotopic (exact) mass is 248 g/mol. The molecule has 100 valence electrons. The lowest BCUT2D eigenvalue weighted by Gasteiger charge is -2.27. The number of methoxy groups -OCH3 is 1. The van der Waals surface area contributed by atoms with Gasteiger partial charge in [-0.1, -0.05) is 12.5 Å². The number of benzene rings is 1. The second-order valence-corrected chi connectivity index (χ2v) is 5.20. The minimum Gasteiger partial charge on any atom is -0.496 e. The summed E-state index contributed by atoms with van der Waals surface area (Å²) in [5.41, 5.74) is 8.39. The molecule has 0 amide bonds. The molecular formula is C15H24N2O. The molecule has 1 heterocycles. The fourth-order valence-electron chi connectivity index (χ4n) is 2.56. The number of likely N-dealkylation sites (tertiary alicyclic amines) is 1. The van der Waals surface area contributed by atoms with Crippen molar-refractivity contribution in [3.8, 4) is 5.75 Å². The Kier molecular flexibility index (Phi) is 4.61. The fourth-order valence-corrected chi connectivity index (χ4v) is 2.56. The van der Waals surface area contributed by atoms with Crippen molar-refractivity contribution < 1.29 is 4.74 Å². The number of ether oxygens (including phenoxy) is 1. The predicted octanol–water partition coefficient (Wildman–Crippen LogP) is 2.70. The highest BCUT2D eigenvalue weighted by molar-refractivity contribution is 5.38. The summed E-state index contributed by atoms with van der Waals surface area (Å²) in [5, 5.41) is 0. The van der Waals surface area contributed by atoms with E-state index in [1.165, 1.54) is 43.5 Å². The lowest BCUT2D eigenvalue weighted by Crippen LogP contribution is -2.29. The van der Waals surface area contributed by atoms with Crippen LogP contribution in [0, 0.1) is 0 Å².